The van der Waals surface area contributed by atoms with Crippen LogP contribution in [0.4, 0.5) is 0 Å². The van der Waals surface area contributed by atoms with Crippen molar-refractivity contribution in [3.8, 4) is 0 Å². The highest BCUT2D eigenvalue weighted by Gasteiger charge is 2.30. The molecule has 7 nitrogen and oxygen atoms in total. The summed E-state index contributed by atoms with van der Waals surface area (Å²) in [7, 11) is 0. The number of para-hydroxylation sites is 1. The molecule has 0 bridgehead atoms. The maximum Gasteiger partial charge on any atom is 0.290 e. The first-order chi connectivity index (χ1) is 13.7. The summed E-state index contributed by atoms with van der Waals surface area (Å²) in [4.78, 5) is 15.1. The van der Waals surface area contributed by atoms with Crippen LogP contribution >= 0.6 is 0 Å². The van der Waals surface area contributed by atoms with Gasteiger partial charge in [0.2, 0.25) is 0 Å². The van der Waals surface area contributed by atoms with E-state index in [2.05, 4.69) is 27.7 Å². The van der Waals surface area contributed by atoms with Gasteiger partial charge in [0.1, 0.15) is 0 Å². The summed E-state index contributed by atoms with van der Waals surface area (Å²) in [5.41, 5.74) is 3.74. The van der Waals surface area contributed by atoms with Gasteiger partial charge in [0.25, 0.3) is 5.91 Å². The number of furan rings is 1. The van der Waals surface area contributed by atoms with Crippen LogP contribution in [0.25, 0.3) is 16.6 Å². The van der Waals surface area contributed by atoms with E-state index in [1.807, 2.05) is 24.0 Å². The molecular formula is C21H21N5O2. The molecule has 1 aliphatic rings. The number of fused-ring (bicyclic) bond motifs is 3. The van der Waals surface area contributed by atoms with Crippen molar-refractivity contribution in [1.82, 2.24) is 24.9 Å². The van der Waals surface area contributed by atoms with Crippen LogP contribution in [0.15, 0.2) is 47.1 Å². The maximum atomic E-state index is 13.2. The van der Waals surface area contributed by atoms with Crippen LogP contribution in [0.5, 0.6) is 0 Å². The zero-order chi connectivity index (χ0) is 19.1. The Hall–Kier alpha value is -3.22. The van der Waals surface area contributed by atoms with Crippen LogP contribution in [0.2, 0.25) is 0 Å². The largest absolute Gasteiger partial charge is 0.459 e. The van der Waals surface area contributed by atoms with Gasteiger partial charge in [-0.3, -0.25) is 4.79 Å². The summed E-state index contributed by atoms with van der Waals surface area (Å²) in [6, 6.07) is 11.9. The van der Waals surface area contributed by atoms with E-state index in [-0.39, 0.29) is 11.9 Å². The molecule has 4 aromatic rings. The van der Waals surface area contributed by atoms with Gasteiger partial charge in [-0.1, -0.05) is 31.0 Å². The summed E-state index contributed by atoms with van der Waals surface area (Å²) < 4.78 is 7.18. The number of benzene rings is 1. The average molecular weight is 375 g/mol. The first-order valence-electron chi connectivity index (χ1n) is 9.66. The summed E-state index contributed by atoms with van der Waals surface area (Å²) in [5, 5.41) is 13.4. The molecule has 3 aromatic heterocycles. The Morgan fingerprint density at radius 3 is 2.89 bits per heavy atom. The van der Waals surface area contributed by atoms with Gasteiger partial charge in [-0.25, -0.2) is 0 Å². The van der Waals surface area contributed by atoms with Crippen LogP contribution in [0.1, 0.15) is 47.4 Å². The highest BCUT2D eigenvalue weighted by atomic mass is 16.3. The molecule has 0 N–H and O–H groups in total. The zero-order valence-electron chi connectivity index (χ0n) is 15.7. The van der Waals surface area contributed by atoms with Gasteiger partial charge in [-0.2, -0.15) is 4.52 Å². The molecule has 1 aliphatic carbocycles. The van der Waals surface area contributed by atoms with E-state index >= 15 is 0 Å². The maximum absolute atomic E-state index is 13.2. The average Bonchev–Trinajstić information content (AvgIpc) is 3.47. The predicted octanol–water partition coefficient (Wildman–Crippen LogP) is 3.76. The smallest absolute Gasteiger partial charge is 0.290 e. The molecule has 1 aromatic carbocycles. The topological polar surface area (TPSA) is 76.5 Å². The van der Waals surface area contributed by atoms with Crippen molar-refractivity contribution in [2.24, 2.45) is 0 Å². The molecule has 0 radical (unpaired) electrons. The van der Waals surface area contributed by atoms with Crippen molar-refractivity contribution in [1.29, 1.82) is 0 Å². The molecule has 0 spiro atoms. The van der Waals surface area contributed by atoms with Crippen LogP contribution in [0, 0.1) is 6.92 Å². The number of carbonyl (C=O) groups excluding carboxylic acids is 1. The molecule has 1 fully saturated rings. The quantitative estimate of drug-likeness (QED) is 0.543. The number of pyridine rings is 1. The van der Waals surface area contributed by atoms with E-state index in [1.165, 1.54) is 0 Å². The summed E-state index contributed by atoms with van der Waals surface area (Å²) in [6.45, 7) is 2.51. The van der Waals surface area contributed by atoms with E-state index in [1.54, 1.807) is 22.9 Å². The summed E-state index contributed by atoms with van der Waals surface area (Å²) in [6.07, 6.45) is 5.86. The molecular weight excluding hydrogens is 354 g/mol. The lowest BCUT2D eigenvalue weighted by atomic mass is 10.1. The van der Waals surface area contributed by atoms with Crippen molar-refractivity contribution in [3.05, 3.63) is 59.5 Å². The van der Waals surface area contributed by atoms with Gasteiger partial charge >= 0.3 is 0 Å². The van der Waals surface area contributed by atoms with Crippen LogP contribution < -0.4 is 0 Å². The fourth-order valence-corrected chi connectivity index (χ4v) is 4.30. The van der Waals surface area contributed by atoms with E-state index < -0.39 is 0 Å². The second-order valence-corrected chi connectivity index (χ2v) is 7.45. The van der Waals surface area contributed by atoms with Crippen molar-refractivity contribution in [2.45, 2.75) is 45.2 Å². The number of hydrogen-bond acceptors (Lipinski definition) is 5. The van der Waals surface area contributed by atoms with Crippen molar-refractivity contribution in [2.75, 3.05) is 0 Å². The number of nitrogens with zero attached hydrogens (tertiary/aromatic N) is 5. The zero-order valence-corrected chi connectivity index (χ0v) is 15.7. The Bertz CT molecular complexity index is 1140. The number of aromatic nitrogens is 4. The normalized spacial score (nSPS) is 14.9. The highest BCUT2D eigenvalue weighted by Crippen LogP contribution is 2.29. The SMILES string of the molecule is Cc1cccc2cc(CN(C(=O)c3ccco3)C3CCCC3)c3nnnn3c12. The molecule has 7 heteroatoms. The minimum Gasteiger partial charge on any atom is -0.459 e. The predicted molar refractivity (Wildman–Crippen MR) is 104 cm³/mol. The van der Waals surface area contributed by atoms with Crippen LogP contribution in [-0.4, -0.2) is 36.9 Å². The number of hydrogen-bond donors (Lipinski definition) is 0. The first kappa shape index (κ1) is 16.9. The molecule has 142 valence electrons. The molecule has 0 saturated heterocycles. The lowest BCUT2D eigenvalue weighted by Crippen LogP contribution is -2.38. The van der Waals surface area contributed by atoms with Crippen molar-refractivity contribution >= 4 is 22.5 Å². The minimum atomic E-state index is -0.0770. The van der Waals surface area contributed by atoms with Gasteiger partial charge in [0.05, 0.1) is 18.3 Å². The fraction of sp³-hybridized carbons (Fsp3) is 0.333. The fourth-order valence-electron chi connectivity index (χ4n) is 4.30. The molecule has 0 atom stereocenters. The third-order valence-corrected chi connectivity index (χ3v) is 5.67. The Morgan fingerprint density at radius 2 is 2.11 bits per heavy atom. The molecule has 5 rings (SSSR count). The van der Waals surface area contributed by atoms with Gasteiger partial charge < -0.3 is 9.32 Å². The summed E-state index contributed by atoms with van der Waals surface area (Å²) >= 11 is 0. The third kappa shape index (κ3) is 2.74. The minimum absolute atomic E-state index is 0.0770. The Morgan fingerprint density at radius 1 is 1.25 bits per heavy atom. The second kappa shape index (κ2) is 6.74. The van der Waals surface area contributed by atoms with E-state index in [0.717, 1.165) is 47.7 Å². The third-order valence-electron chi connectivity index (χ3n) is 5.67. The molecule has 0 aliphatic heterocycles. The molecule has 1 amide bonds. The van der Waals surface area contributed by atoms with Gasteiger partial charge in [0, 0.05) is 17.0 Å². The van der Waals surface area contributed by atoms with Crippen LogP contribution in [0.3, 0.4) is 0 Å². The number of aryl methyl sites for hydroxylation is 1. The van der Waals surface area contributed by atoms with Gasteiger partial charge in [0.15, 0.2) is 11.4 Å². The van der Waals surface area contributed by atoms with E-state index in [9.17, 15) is 4.79 Å². The Balaban J connectivity index is 1.61. The summed E-state index contributed by atoms with van der Waals surface area (Å²) in [5.74, 6) is 0.297. The Labute approximate surface area is 161 Å². The number of tetrazole rings is 1. The lowest BCUT2D eigenvalue weighted by Gasteiger charge is -2.28. The van der Waals surface area contributed by atoms with Crippen LogP contribution in [-0.2, 0) is 6.54 Å². The molecule has 28 heavy (non-hydrogen) atoms. The standard InChI is InChI=1S/C21H21N5O2/c1-14-6-4-7-15-12-16(20-22-23-24-26(20)19(14)15)13-25(17-8-2-3-9-17)21(27)18-10-5-11-28-18/h4-7,10-12,17H,2-3,8-9,13H2,1H3. The molecule has 3 heterocycles. The monoisotopic (exact) mass is 375 g/mol. The lowest BCUT2D eigenvalue weighted by molar-refractivity contribution is 0.0632. The molecule has 0 unspecified atom stereocenters. The first-order valence-corrected chi connectivity index (χ1v) is 9.66. The van der Waals surface area contributed by atoms with Crippen molar-refractivity contribution < 1.29 is 9.21 Å². The van der Waals surface area contributed by atoms with Crippen molar-refractivity contribution in [3.63, 3.8) is 0 Å². The Kier molecular flexibility index (Phi) is 4.07. The van der Waals surface area contributed by atoms with Gasteiger partial charge in [-0.15, -0.1) is 5.10 Å². The van der Waals surface area contributed by atoms with Gasteiger partial charge in [-0.05, 0) is 54.0 Å². The van der Waals surface area contributed by atoms with E-state index in [4.69, 9.17) is 4.42 Å². The van der Waals surface area contributed by atoms with E-state index in [0.29, 0.717) is 18.0 Å². The number of rotatable bonds is 4. The highest BCUT2D eigenvalue weighted by molar-refractivity contribution is 5.92. The number of carbonyl (C=O) groups is 1. The number of amides is 1. The molecule has 1 saturated carbocycles. The second-order valence-electron chi connectivity index (χ2n) is 7.45.